The molecule has 15 nitrogen and oxygen atoms in total. The van der Waals surface area contributed by atoms with E-state index in [0.29, 0.717) is 56.7 Å². The lowest BCUT2D eigenvalue weighted by atomic mass is 9.83. The number of hydrogen-bond acceptors (Lipinski definition) is 15. The molecule has 0 saturated carbocycles. The lowest BCUT2D eigenvalue weighted by Gasteiger charge is -2.17. The molecule has 0 fully saturated rings. The van der Waals surface area contributed by atoms with Crippen molar-refractivity contribution in [2.24, 2.45) is 0 Å². The second-order valence-corrected chi connectivity index (χ2v) is 25.5. The molecule has 0 spiro atoms. The molecular weight excluding hydrogens is 1340 g/mol. The number of ether oxygens (including phenoxy) is 1. The van der Waals surface area contributed by atoms with Crippen molar-refractivity contribution in [3.05, 3.63) is 367 Å². The standard InChI is InChI=1S/2C15H10O2.C14H10O2.2C14H12.C8H12N2.C7H9N.2O3S/c2*1-9-6-7-12-13(8-9)15(17)11-5-3-2-4-10(11)14(12)16;15-9-16-13-7-3-5-11-8-10-4-1-2-6-12(10)14(11)13;2*1-10-6-7-14-12(8-10)9-11-4-2-3-5-13(11)14;1-6-5-7(10-2)3-4-8(6)9;1-8-7-5-3-2-4-6-7;2*1-4(2)3/h2*2-8H,1H3;1-7,9H,8H2;2*2-8H,9H2,1H3;3-5,10H,9H2,1-2H3;2-6,8H,1H3;;. The molecule has 12 aromatic rings. The van der Waals surface area contributed by atoms with E-state index in [1.807, 2.05) is 120 Å². The summed E-state index contributed by atoms with van der Waals surface area (Å²) < 4.78 is 55.7. The van der Waals surface area contributed by atoms with E-state index in [0.717, 1.165) is 58.6 Å². The average molecular weight is 1420 g/mol. The molecule has 522 valence electrons. The Bertz CT molecular complexity index is 5210. The number of aryl methyl sites for hydroxylation is 5. The molecule has 0 aliphatic heterocycles. The number of nitrogens with one attached hydrogen (secondary N) is 2. The maximum atomic E-state index is 12.3. The van der Waals surface area contributed by atoms with Crippen LogP contribution >= 0.6 is 0 Å². The number of hydrogen-bond donors (Lipinski definition) is 3. The Hall–Kier alpha value is -12.6. The summed E-state index contributed by atoms with van der Waals surface area (Å²) in [7, 11) is -2.42. The van der Waals surface area contributed by atoms with Crippen molar-refractivity contribution in [1.82, 2.24) is 0 Å². The van der Waals surface area contributed by atoms with Crippen LogP contribution in [0.2, 0.25) is 0 Å². The Balaban J connectivity index is 0.000000140. The highest BCUT2D eigenvalue weighted by Gasteiger charge is 2.31. The molecule has 5 aliphatic carbocycles. The molecule has 12 aromatic carbocycles. The number of fused-ring (bicyclic) bond motifs is 13. The van der Waals surface area contributed by atoms with Gasteiger partial charge in [0.2, 0.25) is 0 Å². The van der Waals surface area contributed by atoms with E-state index in [4.69, 9.17) is 35.7 Å². The van der Waals surface area contributed by atoms with Gasteiger partial charge in [-0.25, -0.2) is 0 Å². The van der Waals surface area contributed by atoms with Crippen LogP contribution in [-0.4, -0.2) is 69.0 Å². The second kappa shape index (κ2) is 35.7. The Morgan fingerprint density at radius 1 is 0.317 bits per heavy atom. The van der Waals surface area contributed by atoms with E-state index >= 15 is 0 Å². The summed E-state index contributed by atoms with van der Waals surface area (Å²) in [5.74, 6) is 0.417. The van der Waals surface area contributed by atoms with Gasteiger partial charge in [0.05, 0.1) is 0 Å². The normalized spacial score (nSPS) is 11.5. The molecule has 0 radical (unpaired) electrons. The van der Waals surface area contributed by atoms with Crippen molar-refractivity contribution in [1.29, 1.82) is 0 Å². The van der Waals surface area contributed by atoms with Gasteiger partial charge < -0.3 is 21.1 Å². The molecule has 104 heavy (non-hydrogen) atoms. The zero-order valence-electron chi connectivity index (χ0n) is 58.3. The van der Waals surface area contributed by atoms with Crippen molar-refractivity contribution in [3.63, 3.8) is 0 Å². The van der Waals surface area contributed by atoms with Gasteiger partial charge in [-0.3, -0.25) is 24.0 Å². The van der Waals surface area contributed by atoms with Crippen LogP contribution in [0.3, 0.4) is 0 Å². The summed E-state index contributed by atoms with van der Waals surface area (Å²) in [6, 6.07) is 85.6. The Morgan fingerprint density at radius 3 is 1.03 bits per heavy atom. The molecule has 17 rings (SSSR count). The smallest absolute Gasteiger partial charge is 0.425 e. The fourth-order valence-corrected chi connectivity index (χ4v) is 12.7. The Kier molecular flexibility index (Phi) is 25.9. The van der Waals surface area contributed by atoms with E-state index in [-0.39, 0.29) is 23.1 Å². The third-order valence-electron chi connectivity index (χ3n) is 17.6. The molecule has 0 atom stereocenters. The SMILES string of the molecule is CNc1ccc(N)c(C)c1.CNc1ccccc1.Cc1ccc2c(c1)C(=O)c1ccccc1C2=O.Cc1ccc2c(c1)C(=O)c1ccccc1C2=O.Cc1ccc2c(c1)Cc1ccccc1-2.Cc1ccc2c(c1)Cc1ccccc1-2.O=COc1cccc2c1-c1ccccc1C2.O=S(=O)=O.O=S(=O)=O. The van der Waals surface area contributed by atoms with Gasteiger partial charge in [-0.05, 0) is 169 Å². The number of carbonyl (C=O) groups excluding carboxylic acids is 5. The summed E-state index contributed by atoms with van der Waals surface area (Å²) in [5, 5.41) is 6.07. The predicted octanol–water partition coefficient (Wildman–Crippen LogP) is 16.8. The van der Waals surface area contributed by atoms with Crippen LogP contribution < -0.4 is 21.1 Å². The van der Waals surface area contributed by atoms with Crippen LogP contribution in [0.1, 0.15) is 125 Å². The highest BCUT2D eigenvalue weighted by molar-refractivity contribution is 7.59. The average Bonchev–Trinajstić information content (AvgIpc) is 1.32. The summed E-state index contributed by atoms with van der Waals surface area (Å²) in [5.41, 5.74) is 35.0. The number of nitrogen functional groups attached to an aromatic ring is 1. The van der Waals surface area contributed by atoms with Crippen molar-refractivity contribution in [2.45, 2.75) is 53.9 Å². The van der Waals surface area contributed by atoms with Crippen LogP contribution in [-0.2, 0) is 45.3 Å². The van der Waals surface area contributed by atoms with Crippen LogP contribution in [0, 0.1) is 34.6 Å². The van der Waals surface area contributed by atoms with E-state index in [1.54, 1.807) is 72.8 Å². The number of carbonyl (C=O) groups is 5. The van der Waals surface area contributed by atoms with Gasteiger partial charge in [-0.15, -0.1) is 25.3 Å². The highest BCUT2D eigenvalue weighted by atomic mass is 32.2. The third kappa shape index (κ3) is 18.9. The number of benzene rings is 12. The molecular formula is C87H75N3O12S2. The van der Waals surface area contributed by atoms with E-state index in [9.17, 15) is 24.0 Å². The van der Waals surface area contributed by atoms with Gasteiger partial charge >= 0.3 is 21.2 Å². The van der Waals surface area contributed by atoms with Crippen LogP contribution in [0.4, 0.5) is 17.1 Å². The van der Waals surface area contributed by atoms with Crippen LogP contribution in [0.5, 0.6) is 5.75 Å². The van der Waals surface area contributed by atoms with Crippen LogP contribution in [0.15, 0.2) is 261 Å². The highest BCUT2D eigenvalue weighted by Crippen LogP contribution is 2.43. The lowest BCUT2D eigenvalue weighted by Crippen LogP contribution is -2.20. The molecule has 0 saturated heterocycles. The zero-order chi connectivity index (χ0) is 74.6. The van der Waals surface area contributed by atoms with E-state index in [2.05, 4.69) is 128 Å². The number of rotatable bonds is 4. The molecule has 4 N–H and O–H groups in total. The first-order valence-corrected chi connectivity index (χ1v) is 35.1. The van der Waals surface area contributed by atoms with Crippen molar-refractivity contribution in [3.8, 4) is 39.1 Å². The quantitative estimate of drug-likeness (QED) is 0.109. The minimum absolute atomic E-state index is 0.0566. The summed E-state index contributed by atoms with van der Waals surface area (Å²) in [6.45, 7) is 10.6. The zero-order valence-corrected chi connectivity index (χ0v) is 60.0. The van der Waals surface area contributed by atoms with Gasteiger partial charge in [-0.1, -0.05) is 235 Å². The first-order chi connectivity index (χ1) is 50.1. The number of para-hydroxylation sites is 1. The second-order valence-electron chi connectivity index (χ2n) is 24.7. The number of nitrogens with two attached hydrogens (primary N) is 1. The topological polar surface area (TPSA) is 247 Å². The largest absolute Gasteiger partial charge is 0.428 e. The minimum Gasteiger partial charge on any atom is -0.428 e. The predicted molar refractivity (Wildman–Crippen MR) is 410 cm³/mol. The minimum atomic E-state index is -3.11. The molecule has 0 heterocycles. The van der Waals surface area contributed by atoms with Gasteiger partial charge in [-0.2, -0.15) is 0 Å². The molecule has 0 unspecified atom stereocenters. The van der Waals surface area contributed by atoms with Crippen molar-refractivity contribution < 1.29 is 54.0 Å². The van der Waals surface area contributed by atoms with E-state index in [1.165, 1.54) is 72.3 Å². The van der Waals surface area contributed by atoms with E-state index < -0.39 is 21.2 Å². The van der Waals surface area contributed by atoms with Gasteiger partial charge in [0.15, 0.2) is 23.1 Å². The maximum absolute atomic E-state index is 12.3. The number of ketones is 4. The van der Waals surface area contributed by atoms with Gasteiger partial charge in [0, 0.05) is 81.2 Å². The summed E-state index contributed by atoms with van der Waals surface area (Å²) in [4.78, 5) is 59.4. The van der Waals surface area contributed by atoms with Crippen molar-refractivity contribution >= 4 is 67.9 Å². The van der Waals surface area contributed by atoms with Gasteiger partial charge in [0.1, 0.15) is 5.75 Å². The lowest BCUT2D eigenvalue weighted by molar-refractivity contribution is -0.120. The Morgan fingerprint density at radius 2 is 0.635 bits per heavy atom. The van der Waals surface area contributed by atoms with Gasteiger partial charge in [0.25, 0.3) is 6.47 Å². The Labute approximate surface area is 608 Å². The molecule has 17 heteroatoms. The van der Waals surface area contributed by atoms with Crippen molar-refractivity contribution in [2.75, 3.05) is 30.5 Å². The monoisotopic (exact) mass is 1420 g/mol. The molecule has 0 bridgehead atoms. The fraction of sp³-hybridized carbons (Fsp3) is 0.115. The summed E-state index contributed by atoms with van der Waals surface area (Å²) >= 11 is 0. The summed E-state index contributed by atoms with van der Waals surface area (Å²) in [6.07, 6.45) is 3.13. The molecule has 5 aliphatic rings. The fourth-order valence-electron chi connectivity index (χ4n) is 12.7. The van der Waals surface area contributed by atoms with Crippen LogP contribution in [0.25, 0.3) is 33.4 Å². The first-order valence-electron chi connectivity index (χ1n) is 33.1. The molecule has 0 aromatic heterocycles. The number of anilines is 3. The first kappa shape index (κ1) is 75.6. The third-order valence-corrected chi connectivity index (χ3v) is 17.6. The maximum Gasteiger partial charge on any atom is 0.425 e. The molecule has 0 amide bonds.